The van der Waals surface area contributed by atoms with Crippen LogP contribution in [0.1, 0.15) is 44.3 Å². The van der Waals surface area contributed by atoms with E-state index in [0.29, 0.717) is 31.1 Å². The smallest absolute Gasteiger partial charge is 0.272 e. The second-order valence-corrected chi connectivity index (χ2v) is 6.97. The van der Waals surface area contributed by atoms with Crippen molar-refractivity contribution in [2.45, 2.75) is 33.0 Å². The summed E-state index contributed by atoms with van der Waals surface area (Å²) < 4.78 is 6.85. The Morgan fingerprint density at radius 1 is 1.21 bits per heavy atom. The highest BCUT2D eigenvalue weighted by molar-refractivity contribution is 5.98. The molecule has 1 aromatic carbocycles. The summed E-state index contributed by atoms with van der Waals surface area (Å²) in [6.45, 7) is 4.14. The van der Waals surface area contributed by atoms with Crippen molar-refractivity contribution in [1.82, 2.24) is 20.0 Å². The second kappa shape index (κ2) is 7.72. The molecule has 0 atom stereocenters. The van der Waals surface area contributed by atoms with Gasteiger partial charge in [-0.05, 0) is 31.0 Å². The van der Waals surface area contributed by atoms with Crippen LogP contribution in [0.2, 0.25) is 0 Å². The summed E-state index contributed by atoms with van der Waals surface area (Å²) >= 11 is 0. The quantitative estimate of drug-likeness (QED) is 0.740. The van der Waals surface area contributed by atoms with Crippen molar-refractivity contribution in [2.24, 2.45) is 0 Å². The van der Waals surface area contributed by atoms with Crippen LogP contribution < -0.4 is 5.32 Å². The SMILES string of the molecule is Cc1ccc(CN2CCCn3nc(C(=O)NCc4ccco4)cc3C2=O)cc1. The fourth-order valence-electron chi connectivity index (χ4n) is 3.28. The molecule has 0 spiro atoms. The molecule has 1 aliphatic heterocycles. The van der Waals surface area contributed by atoms with Crippen molar-refractivity contribution in [2.75, 3.05) is 6.54 Å². The van der Waals surface area contributed by atoms with Crippen molar-refractivity contribution < 1.29 is 14.0 Å². The highest BCUT2D eigenvalue weighted by atomic mass is 16.3. The molecule has 0 saturated heterocycles. The Labute approximate surface area is 162 Å². The lowest BCUT2D eigenvalue weighted by molar-refractivity contribution is 0.0745. The van der Waals surface area contributed by atoms with Gasteiger partial charge in [0.1, 0.15) is 11.5 Å². The van der Waals surface area contributed by atoms with Crippen LogP contribution in [0.25, 0.3) is 0 Å². The fourth-order valence-corrected chi connectivity index (χ4v) is 3.28. The van der Waals surface area contributed by atoms with Gasteiger partial charge in [0.25, 0.3) is 11.8 Å². The number of hydrogen-bond donors (Lipinski definition) is 1. The van der Waals surface area contributed by atoms with Gasteiger partial charge in [-0.3, -0.25) is 14.3 Å². The van der Waals surface area contributed by atoms with E-state index in [0.717, 1.165) is 12.0 Å². The van der Waals surface area contributed by atoms with Crippen LogP contribution in [-0.4, -0.2) is 33.0 Å². The van der Waals surface area contributed by atoms with Crippen LogP contribution in [0.15, 0.2) is 53.1 Å². The Morgan fingerprint density at radius 3 is 2.79 bits per heavy atom. The Morgan fingerprint density at radius 2 is 2.04 bits per heavy atom. The molecule has 0 unspecified atom stereocenters. The zero-order valence-electron chi connectivity index (χ0n) is 15.7. The number of carbonyl (C=O) groups is 2. The molecule has 1 aliphatic rings. The third-order valence-electron chi connectivity index (χ3n) is 4.81. The molecule has 0 saturated carbocycles. The third kappa shape index (κ3) is 3.83. The maximum absolute atomic E-state index is 13.0. The first-order valence-corrected chi connectivity index (χ1v) is 9.33. The van der Waals surface area contributed by atoms with Crippen LogP contribution >= 0.6 is 0 Å². The first kappa shape index (κ1) is 18.0. The molecule has 0 fully saturated rings. The first-order valence-electron chi connectivity index (χ1n) is 9.33. The molecule has 28 heavy (non-hydrogen) atoms. The molecule has 3 heterocycles. The molecule has 2 aromatic heterocycles. The number of nitrogens with zero attached hydrogens (tertiary/aromatic N) is 3. The molecule has 7 nitrogen and oxygen atoms in total. The van der Waals surface area contributed by atoms with Crippen LogP contribution in [-0.2, 0) is 19.6 Å². The van der Waals surface area contributed by atoms with Crippen molar-refractivity contribution in [1.29, 1.82) is 0 Å². The van der Waals surface area contributed by atoms with Gasteiger partial charge in [0.05, 0.1) is 12.8 Å². The number of aromatic nitrogens is 2. The lowest BCUT2D eigenvalue weighted by Crippen LogP contribution is -2.30. The van der Waals surface area contributed by atoms with Crippen molar-refractivity contribution in [3.05, 3.63) is 77.0 Å². The minimum atomic E-state index is -0.324. The molecule has 144 valence electrons. The van der Waals surface area contributed by atoms with E-state index in [1.165, 1.54) is 5.56 Å². The van der Waals surface area contributed by atoms with Gasteiger partial charge in [-0.15, -0.1) is 0 Å². The average molecular weight is 378 g/mol. The molecule has 3 aromatic rings. The Bertz CT molecular complexity index is 974. The zero-order valence-corrected chi connectivity index (χ0v) is 15.7. The van der Waals surface area contributed by atoms with E-state index in [1.807, 2.05) is 36.1 Å². The van der Waals surface area contributed by atoms with Gasteiger partial charge in [0.15, 0.2) is 5.69 Å². The van der Waals surface area contributed by atoms with E-state index in [4.69, 9.17) is 4.42 Å². The number of furan rings is 1. The first-order chi connectivity index (χ1) is 13.6. The number of aryl methyl sites for hydroxylation is 2. The van der Waals surface area contributed by atoms with Crippen molar-refractivity contribution in [3.8, 4) is 0 Å². The van der Waals surface area contributed by atoms with Gasteiger partial charge in [0, 0.05) is 25.7 Å². The summed E-state index contributed by atoms with van der Waals surface area (Å²) in [5.41, 5.74) is 2.97. The maximum atomic E-state index is 13.0. The molecular formula is C21H22N4O3. The highest BCUT2D eigenvalue weighted by Gasteiger charge is 2.26. The van der Waals surface area contributed by atoms with Crippen LogP contribution in [0.3, 0.4) is 0 Å². The monoisotopic (exact) mass is 378 g/mol. The van der Waals surface area contributed by atoms with E-state index in [2.05, 4.69) is 10.4 Å². The minimum Gasteiger partial charge on any atom is -0.467 e. The number of benzene rings is 1. The van der Waals surface area contributed by atoms with Crippen LogP contribution in [0.4, 0.5) is 0 Å². The Balaban J connectivity index is 1.48. The van der Waals surface area contributed by atoms with Crippen molar-refractivity contribution in [3.63, 3.8) is 0 Å². The maximum Gasteiger partial charge on any atom is 0.272 e. The predicted octanol–water partition coefficient (Wildman–Crippen LogP) is 2.76. The molecular weight excluding hydrogens is 356 g/mol. The standard InChI is InChI=1S/C21H22N4O3/c1-15-5-7-16(8-6-15)14-24-9-3-10-25-19(21(24)27)12-18(23-25)20(26)22-13-17-4-2-11-28-17/h2,4-8,11-12H,3,9-10,13-14H2,1H3,(H,22,26). The lowest BCUT2D eigenvalue weighted by atomic mass is 10.1. The number of hydrogen-bond acceptors (Lipinski definition) is 4. The highest BCUT2D eigenvalue weighted by Crippen LogP contribution is 2.17. The topological polar surface area (TPSA) is 80.4 Å². The van der Waals surface area contributed by atoms with Gasteiger partial charge in [-0.2, -0.15) is 5.10 Å². The third-order valence-corrected chi connectivity index (χ3v) is 4.81. The van der Waals surface area contributed by atoms with Gasteiger partial charge in [-0.1, -0.05) is 29.8 Å². The Hall–Kier alpha value is -3.35. The zero-order chi connectivity index (χ0) is 19.5. The van der Waals surface area contributed by atoms with E-state index >= 15 is 0 Å². The summed E-state index contributed by atoms with van der Waals surface area (Å²) in [7, 11) is 0. The number of nitrogens with one attached hydrogen (secondary N) is 1. The van der Waals surface area contributed by atoms with Crippen LogP contribution in [0.5, 0.6) is 0 Å². The normalized spacial score (nSPS) is 13.9. The largest absolute Gasteiger partial charge is 0.467 e. The fraction of sp³-hybridized carbons (Fsp3) is 0.286. The average Bonchev–Trinajstić information content (AvgIpc) is 3.34. The van der Waals surface area contributed by atoms with E-state index < -0.39 is 0 Å². The lowest BCUT2D eigenvalue weighted by Gasteiger charge is -2.20. The second-order valence-electron chi connectivity index (χ2n) is 6.97. The van der Waals surface area contributed by atoms with E-state index in [1.54, 1.807) is 29.1 Å². The van der Waals surface area contributed by atoms with Crippen LogP contribution in [0, 0.1) is 6.92 Å². The molecule has 1 N–H and O–H groups in total. The number of amides is 2. The molecule has 0 radical (unpaired) electrons. The summed E-state index contributed by atoms with van der Waals surface area (Å²) in [5.74, 6) is 0.236. The Kier molecular flexibility index (Phi) is 4.97. The van der Waals surface area contributed by atoms with Crippen molar-refractivity contribution >= 4 is 11.8 Å². The summed E-state index contributed by atoms with van der Waals surface area (Å²) in [5, 5.41) is 7.10. The minimum absolute atomic E-state index is 0.101. The number of rotatable bonds is 5. The molecule has 2 amide bonds. The summed E-state index contributed by atoms with van der Waals surface area (Å²) in [6.07, 6.45) is 2.35. The van der Waals surface area contributed by atoms with Gasteiger partial charge >= 0.3 is 0 Å². The number of fused-ring (bicyclic) bond motifs is 1. The van der Waals surface area contributed by atoms with E-state index in [-0.39, 0.29) is 24.1 Å². The van der Waals surface area contributed by atoms with Gasteiger partial charge < -0.3 is 14.6 Å². The molecule has 7 heteroatoms. The van der Waals surface area contributed by atoms with E-state index in [9.17, 15) is 9.59 Å². The van der Waals surface area contributed by atoms with Gasteiger partial charge in [-0.25, -0.2) is 0 Å². The molecule has 0 aliphatic carbocycles. The molecule has 4 rings (SSSR count). The molecule has 0 bridgehead atoms. The van der Waals surface area contributed by atoms with Gasteiger partial charge in [0.2, 0.25) is 0 Å². The number of carbonyl (C=O) groups excluding carboxylic acids is 2. The predicted molar refractivity (Wildman–Crippen MR) is 103 cm³/mol. The summed E-state index contributed by atoms with van der Waals surface area (Å²) in [4.78, 5) is 27.2. The summed E-state index contributed by atoms with van der Waals surface area (Å²) in [6, 6.07) is 13.3.